The van der Waals surface area contributed by atoms with Crippen LogP contribution < -0.4 is 9.64 Å². The van der Waals surface area contributed by atoms with Crippen LogP contribution in [-0.4, -0.2) is 67.5 Å². The van der Waals surface area contributed by atoms with E-state index in [0.717, 1.165) is 49.7 Å². The molecule has 1 fully saturated rings. The fraction of sp³-hybridized carbons (Fsp3) is 0.421. The summed E-state index contributed by atoms with van der Waals surface area (Å²) < 4.78 is 10.5. The van der Waals surface area contributed by atoms with Gasteiger partial charge in [0, 0.05) is 38.8 Å². The maximum atomic E-state index is 11.3. The van der Waals surface area contributed by atoms with Gasteiger partial charge in [0.2, 0.25) is 0 Å². The van der Waals surface area contributed by atoms with Gasteiger partial charge in [-0.15, -0.1) is 10.2 Å². The monoisotopic (exact) mass is 424 g/mol. The van der Waals surface area contributed by atoms with Gasteiger partial charge in [0.15, 0.2) is 10.3 Å². The summed E-state index contributed by atoms with van der Waals surface area (Å²) in [6.45, 7) is 4.91. The first-order valence-corrected chi connectivity index (χ1v) is 9.75. The number of aromatic nitrogens is 2. The number of nitrogens with zero attached hydrogens (tertiary/aromatic N) is 4. The van der Waals surface area contributed by atoms with E-state index in [0.29, 0.717) is 16.9 Å². The maximum absolute atomic E-state index is 11.3. The van der Waals surface area contributed by atoms with Gasteiger partial charge in [-0.1, -0.05) is 35.3 Å². The molecule has 0 atom stereocenters. The van der Waals surface area contributed by atoms with Crippen LogP contribution in [0.2, 0.25) is 10.3 Å². The molecule has 150 valence electrons. The Balaban J connectivity index is 1.41. The molecular formula is C19H22Cl2N4O3. The van der Waals surface area contributed by atoms with Crippen molar-refractivity contribution in [3.8, 4) is 5.75 Å². The van der Waals surface area contributed by atoms with Crippen molar-refractivity contribution in [3.63, 3.8) is 0 Å². The molecule has 0 bridgehead atoms. The quantitative estimate of drug-likeness (QED) is 0.632. The van der Waals surface area contributed by atoms with Gasteiger partial charge in [0.05, 0.1) is 19.2 Å². The smallest absolute Gasteiger partial charge is 0.309 e. The van der Waals surface area contributed by atoms with Crippen molar-refractivity contribution in [3.05, 3.63) is 46.2 Å². The Hall–Kier alpha value is -2.09. The van der Waals surface area contributed by atoms with E-state index in [9.17, 15) is 4.79 Å². The minimum Gasteiger partial charge on any atom is -0.492 e. The van der Waals surface area contributed by atoms with E-state index in [4.69, 9.17) is 27.9 Å². The maximum Gasteiger partial charge on any atom is 0.309 e. The molecule has 3 rings (SSSR count). The number of benzene rings is 1. The number of carbonyl (C=O) groups excluding carboxylic acids is 1. The molecule has 0 aliphatic carbocycles. The molecule has 1 aromatic heterocycles. The summed E-state index contributed by atoms with van der Waals surface area (Å²) in [7, 11) is 1.39. The highest BCUT2D eigenvalue weighted by molar-refractivity contribution is 6.33. The van der Waals surface area contributed by atoms with Gasteiger partial charge in [-0.3, -0.25) is 9.69 Å². The molecule has 1 saturated heterocycles. The third-order valence-electron chi connectivity index (χ3n) is 4.59. The molecule has 28 heavy (non-hydrogen) atoms. The molecule has 1 aromatic carbocycles. The van der Waals surface area contributed by atoms with Crippen molar-refractivity contribution >= 4 is 34.9 Å². The van der Waals surface area contributed by atoms with Gasteiger partial charge >= 0.3 is 5.97 Å². The highest BCUT2D eigenvalue weighted by atomic mass is 35.5. The number of carbonyl (C=O) groups is 1. The van der Waals surface area contributed by atoms with Crippen LogP contribution >= 0.6 is 23.2 Å². The second kappa shape index (κ2) is 9.91. The molecule has 2 aromatic rings. The number of hydrogen-bond acceptors (Lipinski definition) is 7. The molecule has 7 nitrogen and oxygen atoms in total. The number of anilines is 1. The van der Waals surface area contributed by atoms with E-state index < -0.39 is 0 Å². The van der Waals surface area contributed by atoms with Gasteiger partial charge in [-0.25, -0.2) is 0 Å². The predicted molar refractivity (Wildman–Crippen MR) is 108 cm³/mol. The molecular weight excluding hydrogens is 403 g/mol. The van der Waals surface area contributed by atoms with Crippen LogP contribution in [0.1, 0.15) is 5.56 Å². The van der Waals surface area contributed by atoms with Crippen molar-refractivity contribution in [2.75, 3.05) is 51.3 Å². The fourth-order valence-corrected chi connectivity index (χ4v) is 3.37. The summed E-state index contributed by atoms with van der Waals surface area (Å²) >= 11 is 12.1. The van der Waals surface area contributed by atoms with E-state index in [-0.39, 0.29) is 12.4 Å². The normalized spacial score (nSPS) is 14.8. The highest BCUT2D eigenvalue weighted by Gasteiger charge is 2.20. The Bertz CT molecular complexity index is 796. The van der Waals surface area contributed by atoms with E-state index in [1.807, 2.05) is 24.3 Å². The second-order valence-electron chi connectivity index (χ2n) is 6.42. The van der Waals surface area contributed by atoms with Crippen LogP contribution in [0.25, 0.3) is 0 Å². The molecule has 1 aliphatic rings. The van der Waals surface area contributed by atoms with E-state index in [2.05, 4.69) is 24.7 Å². The zero-order valence-corrected chi connectivity index (χ0v) is 17.1. The molecule has 0 saturated carbocycles. The van der Waals surface area contributed by atoms with Crippen molar-refractivity contribution < 1.29 is 14.3 Å². The zero-order chi connectivity index (χ0) is 19.9. The average molecular weight is 425 g/mol. The topological polar surface area (TPSA) is 67.8 Å². The lowest BCUT2D eigenvalue weighted by atomic mass is 10.1. The number of halogens is 2. The van der Waals surface area contributed by atoms with E-state index >= 15 is 0 Å². The van der Waals surface area contributed by atoms with Gasteiger partial charge < -0.3 is 14.4 Å². The van der Waals surface area contributed by atoms with Gasteiger partial charge in [0.25, 0.3) is 0 Å². The van der Waals surface area contributed by atoms with E-state index in [1.54, 1.807) is 6.07 Å². The summed E-state index contributed by atoms with van der Waals surface area (Å²) in [5, 5.41) is 8.33. The van der Waals surface area contributed by atoms with Crippen LogP contribution in [0.15, 0.2) is 30.3 Å². The highest BCUT2D eigenvalue weighted by Crippen LogP contribution is 2.26. The largest absolute Gasteiger partial charge is 0.492 e. The lowest BCUT2D eigenvalue weighted by Gasteiger charge is -2.36. The van der Waals surface area contributed by atoms with Crippen LogP contribution in [0.5, 0.6) is 5.75 Å². The summed E-state index contributed by atoms with van der Waals surface area (Å²) in [6.07, 6.45) is 0.267. The second-order valence-corrected chi connectivity index (χ2v) is 7.16. The SMILES string of the molecule is COC(=O)Cc1ccc(OCCN2CCN(c3cc(Cl)nnc3Cl)CC2)cc1. The summed E-state index contributed by atoms with van der Waals surface area (Å²) in [4.78, 5) is 15.8. The number of methoxy groups -OCH3 is 1. The Morgan fingerprint density at radius 2 is 1.82 bits per heavy atom. The van der Waals surface area contributed by atoms with Crippen molar-refractivity contribution in [1.29, 1.82) is 0 Å². The van der Waals surface area contributed by atoms with Crippen molar-refractivity contribution in [2.45, 2.75) is 6.42 Å². The zero-order valence-electron chi connectivity index (χ0n) is 15.6. The summed E-state index contributed by atoms with van der Waals surface area (Å²) in [6, 6.07) is 9.25. The third-order valence-corrected chi connectivity index (χ3v) is 5.04. The lowest BCUT2D eigenvalue weighted by Crippen LogP contribution is -2.47. The van der Waals surface area contributed by atoms with Crippen molar-refractivity contribution in [2.24, 2.45) is 0 Å². The first kappa shape index (κ1) is 20.6. The fourth-order valence-electron chi connectivity index (χ4n) is 3.01. The number of piperazine rings is 1. The first-order chi connectivity index (χ1) is 13.5. The molecule has 2 heterocycles. The Labute approximate surface area is 174 Å². The number of esters is 1. The van der Waals surface area contributed by atoms with Gasteiger partial charge in [-0.05, 0) is 17.7 Å². The molecule has 0 unspecified atom stereocenters. The predicted octanol–water partition coefficient (Wildman–Crippen LogP) is 2.70. The Morgan fingerprint density at radius 1 is 1.11 bits per heavy atom. The van der Waals surface area contributed by atoms with Crippen LogP contribution in [-0.2, 0) is 16.0 Å². The minimum atomic E-state index is -0.251. The van der Waals surface area contributed by atoms with Gasteiger partial charge in [-0.2, -0.15) is 0 Å². The number of ether oxygens (including phenoxy) is 2. The summed E-state index contributed by atoms with van der Waals surface area (Å²) in [5.74, 6) is 0.537. The molecule has 0 amide bonds. The number of rotatable bonds is 7. The van der Waals surface area contributed by atoms with Crippen LogP contribution in [0, 0.1) is 0 Å². The van der Waals surface area contributed by atoms with E-state index in [1.165, 1.54) is 7.11 Å². The van der Waals surface area contributed by atoms with Crippen molar-refractivity contribution in [1.82, 2.24) is 15.1 Å². The first-order valence-electron chi connectivity index (χ1n) is 9.00. The third kappa shape index (κ3) is 5.70. The Kier molecular flexibility index (Phi) is 7.30. The standard InChI is InChI=1S/C19H22Cl2N4O3/c1-27-18(26)12-14-2-4-15(5-3-14)28-11-10-24-6-8-25(9-7-24)16-13-17(20)22-23-19(16)21/h2-5,13H,6-12H2,1H3. The van der Waals surface area contributed by atoms with Gasteiger partial charge in [0.1, 0.15) is 12.4 Å². The summed E-state index contributed by atoms with van der Waals surface area (Å²) in [5.41, 5.74) is 1.73. The average Bonchev–Trinajstić information content (AvgIpc) is 2.71. The molecule has 0 radical (unpaired) electrons. The van der Waals surface area contributed by atoms with Crippen LogP contribution in [0.3, 0.4) is 0 Å². The minimum absolute atomic E-state index is 0.251. The van der Waals surface area contributed by atoms with Crippen LogP contribution in [0.4, 0.5) is 5.69 Å². The molecule has 1 aliphatic heterocycles. The molecule has 0 spiro atoms. The molecule has 9 heteroatoms. The lowest BCUT2D eigenvalue weighted by molar-refractivity contribution is -0.139. The molecule has 0 N–H and O–H groups in total. The Morgan fingerprint density at radius 3 is 2.50 bits per heavy atom. The number of hydrogen-bond donors (Lipinski definition) is 0.